The Hall–Kier alpha value is -3.75. The van der Waals surface area contributed by atoms with Gasteiger partial charge < -0.3 is 19.5 Å². The molecule has 1 unspecified atom stereocenters. The molecule has 2 saturated heterocycles. The van der Waals surface area contributed by atoms with Gasteiger partial charge in [0.2, 0.25) is 0 Å². The lowest BCUT2D eigenvalue weighted by Crippen LogP contribution is -2.38. The Labute approximate surface area is 236 Å². The number of carbonyl (C=O) groups excluding carboxylic acids is 3. The van der Waals surface area contributed by atoms with Crippen molar-refractivity contribution in [3.63, 3.8) is 0 Å². The Balaban J connectivity index is 1.51. The largest absolute Gasteiger partial charge is 0.508 e. The van der Waals surface area contributed by atoms with Gasteiger partial charge in [0.1, 0.15) is 17.0 Å². The molecule has 9 nitrogen and oxygen atoms in total. The van der Waals surface area contributed by atoms with Crippen LogP contribution in [0.4, 0.5) is 21.0 Å². The molecule has 9 heteroatoms. The summed E-state index contributed by atoms with van der Waals surface area (Å²) in [5.41, 5.74) is 1.06. The third-order valence-corrected chi connectivity index (χ3v) is 6.98. The highest BCUT2D eigenvalue weighted by molar-refractivity contribution is 6.06. The van der Waals surface area contributed by atoms with Crippen LogP contribution in [0, 0.1) is 11.8 Å². The Morgan fingerprint density at radius 2 is 1.50 bits per heavy atom. The maximum Gasteiger partial charge on any atom is 0.410 e. The quantitative estimate of drug-likeness (QED) is 0.470. The Bertz CT molecular complexity index is 1250. The van der Waals surface area contributed by atoms with Gasteiger partial charge in [0.25, 0.3) is 0 Å². The fraction of sp³-hybridized carbons (Fsp3) is 0.516. The van der Waals surface area contributed by atoms with Crippen LogP contribution in [0.5, 0.6) is 5.75 Å². The minimum Gasteiger partial charge on any atom is -0.508 e. The number of urea groups is 1. The predicted molar refractivity (Wildman–Crippen MR) is 154 cm³/mol. The van der Waals surface area contributed by atoms with Crippen molar-refractivity contribution in [2.24, 2.45) is 11.8 Å². The van der Waals surface area contributed by atoms with E-state index in [0.29, 0.717) is 44.7 Å². The van der Waals surface area contributed by atoms with Crippen LogP contribution in [-0.2, 0) is 20.7 Å². The van der Waals surface area contributed by atoms with Crippen molar-refractivity contribution in [3.05, 3.63) is 54.1 Å². The second-order valence-electron chi connectivity index (χ2n) is 12.6. The summed E-state index contributed by atoms with van der Waals surface area (Å²) in [6.45, 7) is 13.0. The zero-order chi connectivity index (χ0) is 29.2. The summed E-state index contributed by atoms with van der Waals surface area (Å²) in [4.78, 5) is 44.4. The first-order valence-electron chi connectivity index (χ1n) is 13.9. The summed E-state index contributed by atoms with van der Waals surface area (Å²) in [6.07, 6.45) is 0.726. The monoisotopic (exact) mass is 551 g/mol. The molecular weight excluding hydrogens is 510 g/mol. The van der Waals surface area contributed by atoms with E-state index in [4.69, 9.17) is 9.47 Å². The van der Waals surface area contributed by atoms with Gasteiger partial charge in [-0.05, 0) is 90.1 Å². The number of hydrogen-bond donors (Lipinski definition) is 1. The van der Waals surface area contributed by atoms with Crippen molar-refractivity contribution in [1.29, 1.82) is 0 Å². The van der Waals surface area contributed by atoms with Crippen LogP contribution in [0.2, 0.25) is 0 Å². The standard InChI is InChI=1S/C31H41N3O6/c1-30(2,3)39-27(36)26(22-13-14-32(20-22)29(38)40-31(4,5)6)18-21-9-7-10-23(17-21)33-15-16-34(28(33)37)24-11-8-12-25(35)19-24/h7-12,17,19,22,26,35H,13-16,18,20H2,1-6H3/t22-,26?/m0/s1. The van der Waals surface area contributed by atoms with Crippen LogP contribution >= 0.6 is 0 Å². The molecule has 0 aliphatic carbocycles. The fourth-order valence-corrected chi connectivity index (χ4v) is 5.21. The highest BCUT2D eigenvalue weighted by atomic mass is 16.6. The number of phenolic OH excluding ortho intramolecular Hbond substituents is 1. The summed E-state index contributed by atoms with van der Waals surface area (Å²) < 4.78 is 11.4. The van der Waals surface area contributed by atoms with E-state index in [1.807, 2.05) is 65.8 Å². The average Bonchev–Trinajstić information content (AvgIpc) is 3.48. The van der Waals surface area contributed by atoms with Crippen LogP contribution < -0.4 is 9.80 Å². The van der Waals surface area contributed by atoms with Gasteiger partial charge in [-0.15, -0.1) is 0 Å². The van der Waals surface area contributed by atoms with Crippen LogP contribution in [0.1, 0.15) is 53.5 Å². The van der Waals surface area contributed by atoms with Crippen molar-refractivity contribution in [2.45, 2.75) is 65.6 Å². The predicted octanol–water partition coefficient (Wildman–Crippen LogP) is 5.60. The summed E-state index contributed by atoms with van der Waals surface area (Å²) in [7, 11) is 0. The van der Waals surface area contributed by atoms with E-state index in [1.54, 1.807) is 39.0 Å². The smallest absolute Gasteiger partial charge is 0.410 e. The highest BCUT2D eigenvalue weighted by Gasteiger charge is 2.39. The molecule has 0 radical (unpaired) electrons. The van der Waals surface area contributed by atoms with Crippen LogP contribution in [0.25, 0.3) is 0 Å². The minimum absolute atomic E-state index is 0.0827. The Morgan fingerprint density at radius 1 is 0.900 bits per heavy atom. The first-order chi connectivity index (χ1) is 18.7. The average molecular weight is 552 g/mol. The molecule has 2 atom stereocenters. The number of phenols is 1. The maximum atomic E-state index is 13.4. The third-order valence-electron chi connectivity index (χ3n) is 6.98. The number of likely N-dealkylation sites (tertiary alicyclic amines) is 1. The van der Waals surface area contributed by atoms with E-state index in [0.717, 1.165) is 11.3 Å². The van der Waals surface area contributed by atoms with E-state index in [1.165, 1.54) is 0 Å². The summed E-state index contributed by atoms with van der Waals surface area (Å²) in [6, 6.07) is 14.2. The number of benzene rings is 2. The molecule has 0 saturated carbocycles. The molecule has 2 heterocycles. The lowest BCUT2D eigenvalue weighted by molar-refractivity contribution is -0.161. The van der Waals surface area contributed by atoms with E-state index in [-0.39, 0.29) is 29.8 Å². The van der Waals surface area contributed by atoms with Crippen molar-refractivity contribution in [3.8, 4) is 5.75 Å². The maximum absolute atomic E-state index is 13.4. The number of ether oxygens (including phenoxy) is 2. The van der Waals surface area contributed by atoms with Gasteiger partial charge in [-0.2, -0.15) is 0 Å². The number of hydrogen-bond acceptors (Lipinski definition) is 6. The molecule has 2 aromatic rings. The number of aromatic hydroxyl groups is 1. The second-order valence-corrected chi connectivity index (χ2v) is 12.6. The van der Waals surface area contributed by atoms with E-state index in [9.17, 15) is 19.5 Å². The van der Waals surface area contributed by atoms with E-state index < -0.39 is 17.1 Å². The second kappa shape index (κ2) is 11.4. The van der Waals surface area contributed by atoms with E-state index >= 15 is 0 Å². The lowest BCUT2D eigenvalue weighted by Gasteiger charge is -2.28. The number of nitrogens with zero attached hydrogens (tertiary/aromatic N) is 3. The molecule has 1 N–H and O–H groups in total. The Morgan fingerprint density at radius 3 is 2.10 bits per heavy atom. The van der Waals surface area contributed by atoms with Crippen LogP contribution in [0.15, 0.2) is 48.5 Å². The normalized spacial score (nSPS) is 18.7. The van der Waals surface area contributed by atoms with Crippen LogP contribution in [0.3, 0.4) is 0 Å². The molecule has 2 aromatic carbocycles. The molecule has 3 amide bonds. The molecule has 40 heavy (non-hydrogen) atoms. The molecule has 0 bridgehead atoms. The topological polar surface area (TPSA) is 99.6 Å². The molecule has 4 rings (SSSR count). The van der Waals surface area contributed by atoms with Crippen LogP contribution in [-0.4, -0.2) is 65.5 Å². The number of esters is 1. The first kappa shape index (κ1) is 29.2. The third kappa shape index (κ3) is 7.25. The molecule has 2 aliphatic rings. The molecule has 216 valence electrons. The number of amides is 3. The minimum atomic E-state index is -0.641. The summed E-state index contributed by atoms with van der Waals surface area (Å²) in [5, 5.41) is 9.85. The summed E-state index contributed by atoms with van der Waals surface area (Å²) >= 11 is 0. The van der Waals surface area contributed by atoms with Crippen molar-refractivity contribution in [2.75, 3.05) is 36.0 Å². The van der Waals surface area contributed by atoms with Crippen molar-refractivity contribution < 1.29 is 29.0 Å². The van der Waals surface area contributed by atoms with Crippen molar-refractivity contribution >= 4 is 29.5 Å². The number of anilines is 2. The zero-order valence-corrected chi connectivity index (χ0v) is 24.3. The molecule has 0 aromatic heterocycles. The van der Waals surface area contributed by atoms with E-state index in [2.05, 4.69) is 0 Å². The molecular formula is C31H41N3O6. The van der Waals surface area contributed by atoms with Gasteiger partial charge >= 0.3 is 18.1 Å². The van der Waals surface area contributed by atoms with Crippen molar-refractivity contribution in [1.82, 2.24) is 4.90 Å². The zero-order valence-electron chi connectivity index (χ0n) is 24.3. The molecule has 2 fully saturated rings. The summed E-state index contributed by atoms with van der Waals surface area (Å²) in [5.74, 6) is -0.724. The highest BCUT2D eigenvalue weighted by Crippen LogP contribution is 2.32. The Kier molecular flexibility index (Phi) is 8.33. The van der Waals surface area contributed by atoms with Gasteiger partial charge in [-0.3, -0.25) is 14.6 Å². The number of carbonyl (C=O) groups is 3. The molecule has 2 aliphatic heterocycles. The first-order valence-corrected chi connectivity index (χ1v) is 13.9. The van der Waals surface area contributed by atoms with Gasteiger partial charge in [-0.1, -0.05) is 18.2 Å². The van der Waals surface area contributed by atoms with Gasteiger partial charge in [0, 0.05) is 43.6 Å². The van der Waals surface area contributed by atoms with Gasteiger partial charge in [-0.25, -0.2) is 9.59 Å². The van der Waals surface area contributed by atoms with Gasteiger partial charge in [0.05, 0.1) is 5.92 Å². The SMILES string of the molecule is CC(C)(C)OC(=O)C(Cc1cccc(N2CCN(c3cccc(O)c3)C2=O)c1)[C@H]1CCN(C(=O)OC(C)(C)C)C1. The fourth-order valence-electron chi connectivity index (χ4n) is 5.21. The molecule has 0 spiro atoms. The lowest BCUT2D eigenvalue weighted by atomic mass is 9.86. The number of rotatable bonds is 6. The van der Waals surface area contributed by atoms with Gasteiger partial charge in [0.15, 0.2) is 0 Å².